The molecule has 0 saturated carbocycles. The zero-order chi connectivity index (χ0) is 5.98. The van der Waals surface area contributed by atoms with Crippen molar-refractivity contribution in [1.82, 2.24) is 0 Å². The summed E-state index contributed by atoms with van der Waals surface area (Å²) < 4.78 is 0. The molecular weight excluding hydrogens is 119 g/mol. The molecule has 0 aliphatic heterocycles. The number of rotatable bonds is 0. The first-order valence-electron chi connectivity index (χ1n) is 2.40. The molecule has 0 aliphatic rings. The van der Waals surface area contributed by atoms with Gasteiger partial charge in [0, 0.05) is 5.80 Å². The van der Waals surface area contributed by atoms with Crippen molar-refractivity contribution in [2.24, 2.45) is 0 Å². The predicted octanol–water partition coefficient (Wildman–Crippen LogP) is 2.28. The molecular formula is C6H7OP. The molecule has 42 valence electrons. The predicted molar refractivity (Wildman–Crippen MR) is 35.4 cm³/mol. The summed E-state index contributed by atoms with van der Waals surface area (Å²) in [7, 11) is 1.07. The molecule has 2 heteroatoms. The molecule has 0 aromatic carbocycles. The van der Waals surface area contributed by atoms with E-state index in [-0.39, 0.29) is 0 Å². The average Bonchev–Trinajstić information content (AvgIpc) is 1.77. The van der Waals surface area contributed by atoms with Crippen molar-refractivity contribution in [2.75, 3.05) is 0 Å². The van der Waals surface area contributed by atoms with Gasteiger partial charge in [-0.2, -0.15) is 0 Å². The van der Waals surface area contributed by atoms with Crippen LogP contribution in [0.3, 0.4) is 0 Å². The minimum atomic E-state index is 0.411. The van der Waals surface area contributed by atoms with Gasteiger partial charge < -0.3 is 5.11 Å². The van der Waals surface area contributed by atoms with Crippen LogP contribution in [0.25, 0.3) is 0 Å². The molecule has 1 rings (SSSR count). The van der Waals surface area contributed by atoms with Gasteiger partial charge in [0.2, 0.25) is 0 Å². The molecule has 0 bridgehead atoms. The van der Waals surface area contributed by atoms with E-state index in [0.29, 0.717) is 5.75 Å². The van der Waals surface area contributed by atoms with Crippen LogP contribution >= 0.6 is 8.19 Å². The van der Waals surface area contributed by atoms with Crippen molar-refractivity contribution in [2.45, 2.75) is 6.92 Å². The lowest BCUT2D eigenvalue weighted by molar-refractivity contribution is 0.473. The second kappa shape index (κ2) is 2.15. The fraction of sp³-hybridized carbons (Fsp3) is 0.167. The molecule has 0 fully saturated rings. The largest absolute Gasteiger partial charge is 0.507 e. The van der Waals surface area contributed by atoms with Crippen LogP contribution in [0.15, 0.2) is 17.7 Å². The number of hydrogen-bond donors (Lipinski definition) is 1. The molecule has 0 saturated heterocycles. The van der Waals surface area contributed by atoms with E-state index < -0.39 is 0 Å². The average molecular weight is 126 g/mol. The summed E-state index contributed by atoms with van der Waals surface area (Å²) in [5, 5.41) is 8.94. The summed E-state index contributed by atoms with van der Waals surface area (Å²) in [6.07, 6.45) is 0. The van der Waals surface area contributed by atoms with Gasteiger partial charge in [-0.1, -0.05) is 14.3 Å². The van der Waals surface area contributed by atoms with E-state index in [2.05, 4.69) is 0 Å². The fourth-order valence-electron chi connectivity index (χ4n) is 0.456. The SMILES string of the molecule is Cc1ccpcc1O. The van der Waals surface area contributed by atoms with Crippen LogP contribution in [0, 0.1) is 6.92 Å². The van der Waals surface area contributed by atoms with Gasteiger partial charge in [-0.3, -0.25) is 0 Å². The van der Waals surface area contributed by atoms with Crippen LogP contribution in [0.2, 0.25) is 0 Å². The lowest BCUT2D eigenvalue weighted by Crippen LogP contribution is -1.65. The Morgan fingerprint density at radius 3 is 2.75 bits per heavy atom. The van der Waals surface area contributed by atoms with Crippen molar-refractivity contribution in [3.05, 3.63) is 23.2 Å². The van der Waals surface area contributed by atoms with E-state index in [0.717, 1.165) is 13.8 Å². The van der Waals surface area contributed by atoms with E-state index in [4.69, 9.17) is 5.11 Å². The Kier molecular flexibility index (Phi) is 1.50. The second-order valence-electron chi connectivity index (χ2n) is 1.66. The third kappa shape index (κ3) is 0.988. The molecule has 1 aromatic heterocycles. The minimum absolute atomic E-state index is 0.411. The topological polar surface area (TPSA) is 20.2 Å². The van der Waals surface area contributed by atoms with Crippen LogP contribution in [-0.4, -0.2) is 5.11 Å². The Bertz CT molecular complexity index is 165. The first kappa shape index (κ1) is 5.58. The van der Waals surface area contributed by atoms with Crippen LogP contribution in [0.5, 0.6) is 5.75 Å². The Morgan fingerprint density at radius 2 is 2.38 bits per heavy atom. The number of aryl methyl sites for hydroxylation is 1. The summed E-state index contributed by atoms with van der Waals surface area (Å²) in [6, 6.07) is 1.91. The van der Waals surface area contributed by atoms with Crippen molar-refractivity contribution >= 4 is 8.19 Å². The quantitative estimate of drug-likeness (QED) is 0.565. The maximum Gasteiger partial charge on any atom is 0.123 e. The molecule has 1 N–H and O–H groups in total. The summed E-state index contributed by atoms with van der Waals surface area (Å²) in [5.41, 5.74) is 0.948. The zero-order valence-electron chi connectivity index (χ0n) is 4.63. The smallest absolute Gasteiger partial charge is 0.123 e. The van der Waals surface area contributed by atoms with Gasteiger partial charge in [-0.05, 0) is 18.3 Å². The second-order valence-corrected chi connectivity index (χ2v) is 2.52. The highest BCUT2D eigenvalue weighted by Crippen LogP contribution is 2.19. The normalized spacial score (nSPS) is 10.1. The van der Waals surface area contributed by atoms with Gasteiger partial charge in [0.25, 0.3) is 0 Å². The minimum Gasteiger partial charge on any atom is -0.507 e. The Labute approximate surface area is 50.1 Å². The number of hydrogen-bond acceptors (Lipinski definition) is 1. The Balaban J connectivity index is 3.13. The van der Waals surface area contributed by atoms with Crippen molar-refractivity contribution < 1.29 is 5.11 Å². The van der Waals surface area contributed by atoms with E-state index in [1.807, 2.05) is 18.8 Å². The molecule has 1 nitrogen and oxygen atoms in total. The van der Waals surface area contributed by atoms with Gasteiger partial charge in [0.15, 0.2) is 0 Å². The van der Waals surface area contributed by atoms with Gasteiger partial charge in [-0.15, -0.1) is 0 Å². The highest BCUT2D eigenvalue weighted by Gasteiger charge is 1.87. The van der Waals surface area contributed by atoms with Crippen molar-refractivity contribution in [3.8, 4) is 5.75 Å². The summed E-state index contributed by atoms with van der Waals surface area (Å²) in [5.74, 6) is 4.18. The van der Waals surface area contributed by atoms with Gasteiger partial charge in [0.05, 0.1) is 0 Å². The highest BCUT2D eigenvalue weighted by atomic mass is 31.0. The Hall–Kier alpha value is -0.550. The molecule has 0 radical (unpaired) electrons. The van der Waals surface area contributed by atoms with Crippen molar-refractivity contribution in [3.63, 3.8) is 0 Å². The third-order valence-electron chi connectivity index (χ3n) is 1.01. The maximum absolute atomic E-state index is 8.94. The van der Waals surface area contributed by atoms with Crippen LogP contribution < -0.4 is 0 Å². The maximum atomic E-state index is 8.94. The summed E-state index contributed by atoms with van der Waals surface area (Å²) in [6.45, 7) is 1.89. The first-order valence-corrected chi connectivity index (χ1v) is 3.43. The highest BCUT2D eigenvalue weighted by molar-refractivity contribution is 7.28. The fourth-order valence-corrected chi connectivity index (χ4v) is 1.20. The van der Waals surface area contributed by atoms with E-state index in [1.165, 1.54) is 0 Å². The number of aromatic hydroxyl groups is 1. The van der Waals surface area contributed by atoms with Gasteiger partial charge in [0.1, 0.15) is 5.75 Å². The van der Waals surface area contributed by atoms with Crippen molar-refractivity contribution in [1.29, 1.82) is 0 Å². The molecule has 0 unspecified atom stereocenters. The van der Waals surface area contributed by atoms with Gasteiger partial charge >= 0.3 is 0 Å². The molecule has 8 heavy (non-hydrogen) atoms. The molecule has 0 spiro atoms. The molecule has 0 atom stereocenters. The molecule has 1 aromatic rings. The summed E-state index contributed by atoms with van der Waals surface area (Å²) >= 11 is 0. The van der Waals surface area contributed by atoms with E-state index in [9.17, 15) is 0 Å². The lowest BCUT2D eigenvalue weighted by Gasteiger charge is -1.91. The molecule has 1 heterocycles. The lowest BCUT2D eigenvalue weighted by atomic mass is 10.3. The van der Waals surface area contributed by atoms with E-state index >= 15 is 0 Å². The monoisotopic (exact) mass is 126 g/mol. The summed E-state index contributed by atoms with van der Waals surface area (Å²) in [4.78, 5) is 0. The third-order valence-corrected chi connectivity index (χ3v) is 1.73. The Morgan fingerprint density at radius 1 is 1.62 bits per heavy atom. The van der Waals surface area contributed by atoms with E-state index in [1.54, 1.807) is 5.80 Å². The first-order chi connectivity index (χ1) is 3.80. The van der Waals surface area contributed by atoms with Crippen LogP contribution in [0.1, 0.15) is 5.56 Å². The zero-order valence-corrected chi connectivity index (χ0v) is 5.52. The molecule has 0 aliphatic carbocycles. The van der Waals surface area contributed by atoms with Gasteiger partial charge in [-0.25, -0.2) is 0 Å². The van der Waals surface area contributed by atoms with Crippen LogP contribution in [0.4, 0.5) is 0 Å². The molecule has 0 amide bonds. The standard InChI is InChI=1S/C6H7OP/c1-5-2-3-8-4-6(5)7/h2-4,7H,1H3. The van der Waals surface area contributed by atoms with Crippen LogP contribution in [-0.2, 0) is 0 Å².